The molecule has 0 aliphatic carbocycles. The lowest BCUT2D eigenvalue weighted by molar-refractivity contribution is 0.196. The summed E-state index contributed by atoms with van der Waals surface area (Å²) in [5.41, 5.74) is 0.702. The first-order chi connectivity index (χ1) is 10.6. The Bertz CT molecular complexity index is 668. The molecule has 0 radical (unpaired) electrons. The van der Waals surface area contributed by atoms with Gasteiger partial charge in [-0.2, -0.15) is 0 Å². The molecule has 0 bridgehead atoms. The average molecular weight is 343 g/mol. The Morgan fingerprint density at radius 2 is 1.86 bits per heavy atom. The molecule has 6 heteroatoms. The van der Waals surface area contributed by atoms with Crippen molar-refractivity contribution in [2.45, 2.75) is 13.0 Å². The highest BCUT2D eigenvalue weighted by molar-refractivity contribution is 7.16. The molecule has 1 aliphatic rings. The van der Waals surface area contributed by atoms with Gasteiger partial charge >= 0.3 is 0 Å². The predicted molar refractivity (Wildman–Crippen MR) is 86.7 cm³/mol. The minimum absolute atomic E-state index is 0.297. The van der Waals surface area contributed by atoms with Crippen LogP contribution in [0.3, 0.4) is 0 Å². The molecule has 0 saturated carbocycles. The van der Waals surface area contributed by atoms with Gasteiger partial charge in [0, 0.05) is 36.6 Å². The molecule has 0 unspecified atom stereocenters. The van der Waals surface area contributed by atoms with Crippen LogP contribution in [0.1, 0.15) is 22.0 Å². The van der Waals surface area contributed by atoms with Gasteiger partial charge in [0.05, 0.1) is 10.4 Å². The fourth-order valence-electron chi connectivity index (χ4n) is 2.82. The first-order valence-corrected chi connectivity index (χ1v) is 8.42. The van der Waals surface area contributed by atoms with Crippen LogP contribution in [-0.2, 0) is 0 Å². The maximum Gasteiger partial charge on any atom is 0.164 e. The Balaban J connectivity index is 2.07. The second-order valence-electron chi connectivity index (χ2n) is 5.43. The summed E-state index contributed by atoms with van der Waals surface area (Å²) in [6.07, 6.45) is 0. The molecular formula is C16H17ClF2N2S. The molecule has 1 aromatic heterocycles. The third kappa shape index (κ3) is 3.04. The van der Waals surface area contributed by atoms with Crippen LogP contribution in [0, 0.1) is 18.6 Å². The Morgan fingerprint density at radius 3 is 2.50 bits per heavy atom. The van der Waals surface area contributed by atoms with Gasteiger partial charge in [0.2, 0.25) is 0 Å². The lowest BCUT2D eigenvalue weighted by Crippen LogP contribution is -2.45. The smallest absolute Gasteiger partial charge is 0.164 e. The van der Waals surface area contributed by atoms with Gasteiger partial charge in [-0.1, -0.05) is 23.7 Å². The first-order valence-electron chi connectivity index (χ1n) is 7.22. The van der Waals surface area contributed by atoms with E-state index in [1.54, 1.807) is 25.1 Å². The molecule has 1 saturated heterocycles. The number of nitrogens with zero attached hydrogens (tertiary/aromatic N) is 1. The van der Waals surface area contributed by atoms with Crippen molar-refractivity contribution >= 4 is 22.9 Å². The second-order valence-corrected chi connectivity index (χ2v) is 7.18. The molecule has 1 atom stereocenters. The summed E-state index contributed by atoms with van der Waals surface area (Å²) in [5.74, 6) is -1.52. The van der Waals surface area contributed by atoms with Crippen molar-refractivity contribution in [2.75, 3.05) is 26.2 Å². The van der Waals surface area contributed by atoms with Crippen molar-refractivity contribution in [3.05, 3.63) is 56.2 Å². The zero-order valence-electron chi connectivity index (χ0n) is 12.2. The maximum absolute atomic E-state index is 14.5. The van der Waals surface area contributed by atoms with E-state index in [1.807, 2.05) is 6.07 Å². The Morgan fingerprint density at radius 1 is 1.14 bits per heavy atom. The quantitative estimate of drug-likeness (QED) is 0.907. The van der Waals surface area contributed by atoms with Crippen LogP contribution >= 0.6 is 22.9 Å². The normalized spacial score (nSPS) is 17.6. The standard InChI is InChI=1S/C16H17ClF2N2S/c1-10-2-3-11(15(19)14(10)18)16(12-4-5-13(17)22-12)21-8-6-20-7-9-21/h2-5,16,20H,6-9H2,1H3/t16-/m1/s1. The van der Waals surface area contributed by atoms with Crippen molar-refractivity contribution in [1.29, 1.82) is 0 Å². The molecule has 2 heterocycles. The largest absolute Gasteiger partial charge is 0.314 e. The van der Waals surface area contributed by atoms with E-state index in [4.69, 9.17) is 11.6 Å². The Kier molecular flexibility index (Phi) is 4.78. The fourth-order valence-corrected chi connectivity index (χ4v) is 4.03. The van der Waals surface area contributed by atoms with Gasteiger partial charge in [-0.15, -0.1) is 11.3 Å². The van der Waals surface area contributed by atoms with Gasteiger partial charge in [0.25, 0.3) is 0 Å². The van der Waals surface area contributed by atoms with Crippen LogP contribution in [0.15, 0.2) is 24.3 Å². The van der Waals surface area contributed by atoms with E-state index in [0.717, 1.165) is 31.1 Å². The molecule has 0 spiro atoms. The van der Waals surface area contributed by atoms with E-state index in [-0.39, 0.29) is 6.04 Å². The summed E-state index contributed by atoms with van der Waals surface area (Å²) in [4.78, 5) is 3.11. The highest BCUT2D eigenvalue weighted by Gasteiger charge is 2.29. The van der Waals surface area contributed by atoms with Crippen LogP contribution < -0.4 is 5.32 Å². The maximum atomic E-state index is 14.5. The van der Waals surface area contributed by atoms with Crippen LogP contribution in [0.25, 0.3) is 0 Å². The van der Waals surface area contributed by atoms with Crippen LogP contribution in [0.2, 0.25) is 4.34 Å². The number of nitrogens with one attached hydrogen (secondary N) is 1. The van der Waals surface area contributed by atoms with Crippen molar-refractivity contribution in [2.24, 2.45) is 0 Å². The highest BCUT2D eigenvalue weighted by Crippen LogP contribution is 2.37. The van der Waals surface area contributed by atoms with E-state index < -0.39 is 11.6 Å². The molecule has 1 fully saturated rings. The predicted octanol–water partition coefficient (Wildman–Crippen LogP) is 3.98. The van der Waals surface area contributed by atoms with Gasteiger partial charge in [-0.25, -0.2) is 8.78 Å². The minimum Gasteiger partial charge on any atom is -0.314 e. The van der Waals surface area contributed by atoms with Gasteiger partial charge in [0.1, 0.15) is 0 Å². The number of aryl methyl sites for hydroxylation is 1. The molecule has 0 amide bonds. The monoisotopic (exact) mass is 342 g/mol. The third-order valence-electron chi connectivity index (χ3n) is 3.98. The van der Waals surface area contributed by atoms with Gasteiger partial charge < -0.3 is 5.32 Å². The van der Waals surface area contributed by atoms with Crippen LogP contribution in [-0.4, -0.2) is 31.1 Å². The van der Waals surface area contributed by atoms with E-state index in [1.165, 1.54) is 11.3 Å². The topological polar surface area (TPSA) is 15.3 Å². The van der Waals surface area contributed by atoms with E-state index in [9.17, 15) is 8.78 Å². The second kappa shape index (κ2) is 6.62. The van der Waals surface area contributed by atoms with E-state index in [2.05, 4.69) is 10.2 Å². The van der Waals surface area contributed by atoms with Crippen molar-refractivity contribution in [3.63, 3.8) is 0 Å². The summed E-state index contributed by atoms with van der Waals surface area (Å²) in [6, 6.07) is 6.73. The van der Waals surface area contributed by atoms with Crippen molar-refractivity contribution in [1.82, 2.24) is 10.2 Å². The van der Waals surface area contributed by atoms with Crippen molar-refractivity contribution < 1.29 is 8.78 Å². The highest BCUT2D eigenvalue weighted by atomic mass is 35.5. The van der Waals surface area contributed by atoms with E-state index in [0.29, 0.717) is 15.5 Å². The Labute approximate surface area is 137 Å². The molecule has 3 rings (SSSR count). The molecule has 22 heavy (non-hydrogen) atoms. The van der Waals surface area contributed by atoms with E-state index >= 15 is 0 Å². The summed E-state index contributed by atoms with van der Waals surface area (Å²) >= 11 is 7.46. The zero-order chi connectivity index (χ0) is 15.7. The number of hydrogen-bond donors (Lipinski definition) is 1. The number of halogens is 3. The summed E-state index contributed by atoms with van der Waals surface area (Å²) < 4.78 is 29.2. The molecular weight excluding hydrogens is 326 g/mol. The zero-order valence-corrected chi connectivity index (χ0v) is 13.8. The van der Waals surface area contributed by atoms with Crippen LogP contribution in [0.4, 0.5) is 8.78 Å². The molecule has 2 nitrogen and oxygen atoms in total. The number of hydrogen-bond acceptors (Lipinski definition) is 3. The van der Waals surface area contributed by atoms with Gasteiger partial charge in [0.15, 0.2) is 11.6 Å². The minimum atomic E-state index is -0.764. The first kappa shape index (κ1) is 15.9. The lowest BCUT2D eigenvalue weighted by Gasteiger charge is -2.35. The Hall–Kier alpha value is -1.01. The van der Waals surface area contributed by atoms with Crippen LogP contribution in [0.5, 0.6) is 0 Å². The molecule has 118 valence electrons. The molecule has 1 N–H and O–H groups in total. The SMILES string of the molecule is Cc1ccc([C@H](c2ccc(Cl)s2)N2CCNCC2)c(F)c1F. The summed E-state index contributed by atoms with van der Waals surface area (Å²) in [7, 11) is 0. The summed E-state index contributed by atoms with van der Waals surface area (Å²) in [5, 5.41) is 3.28. The third-order valence-corrected chi connectivity index (χ3v) is 5.26. The van der Waals surface area contributed by atoms with Gasteiger partial charge in [-0.3, -0.25) is 4.90 Å². The number of rotatable bonds is 3. The number of piperazine rings is 1. The van der Waals surface area contributed by atoms with Gasteiger partial charge in [-0.05, 0) is 24.6 Å². The molecule has 1 aliphatic heterocycles. The lowest BCUT2D eigenvalue weighted by atomic mass is 10.00. The molecule has 2 aromatic rings. The average Bonchev–Trinajstić information content (AvgIpc) is 2.95. The number of benzene rings is 1. The summed E-state index contributed by atoms with van der Waals surface area (Å²) in [6.45, 7) is 4.82. The van der Waals surface area contributed by atoms with Crippen molar-refractivity contribution in [3.8, 4) is 0 Å². The molecule has 1 aromatic carbocycles. The fraction of sp³-hybridized carbons (Fsp3) is 0.375. The number of thiophene rings is 1.